The summed E-state index contributed by atoms with van der Waals surface area (Å²) < 4.78 is 0. The molecule has 0 atom stereocenters. The molecule has 0 nitrogen and oxygen atoms in total. The summed E-state index contributed by atoms with van der Waals surface area (Å²) in [7, 11) is 0. The molecule has 0 amide bonds. The van der Waals surface area contributed by atoms with E-state index >= 15 is 0 Å². The van der Waals surface area contributed by atoms with Gasteiger partial charge >= 0.3 is 0 Å². The topological polar surface area (TPSA) is 0 Å². The second-order valence-electron chi connectivity index (χ2n) is 5.54. The van der Waals surface area contributed by atoms with E-state index in [1.165, 1.54) is 89.9 Å². The van der Waals surface area contributed by atoms with Crippen LogP contribution in [0.4, 0.5) is 0 Å². The van der Waals surface area contributed by atoms with E-state index in [0.717, 1.165) is 0 Å². The molecule has 0 aromatic carbocycles. The van der Waals surface area contributed by atoms with Crippen molar-refractivity contribution in [1.29, 1.82) is 0 Å². The molecule has 0 saturated carbocycles. The van der Waals surface area contributed by atoms with Gasteiger partial charge in [0.15, 0.2) is 0 Å². The molecule has 0 N–H and O–H groups in total. The molecule has 0 saturated heterocycles. The van der Waals surface area contributed by atoms with Crippen LogP contribution >= 0.6 is 0 Å². The first-order valence-electron chi connectivity index (χ1n) is 8.83. The fraction of sp³-hybridized carbons (Fsp3) is 1.00. The van der Waals surface area contributed by atoms with Gasteiger partial charge in [0.2, 0.25) is 0 Å². The van der Waals surface area contributed by atoms with Crippen molar-refractivity contribution in [2.75, 3.05) is 0 Å². The SMILES string of the molecule is CCCCCC.CCCCCCCCCCCC. The zero-order valence-corrected chi connectivity index (χ0v) is 13.9. The lowest BCUT2D eigenvalue weighted by atomic mass is 10.1. The quantitative estimate of drug-likeness (QED) is 0.317. The van der Waals surface area contributed by atoms with Gasteiger partial charge in [0.25, 0.3) is 0 Å². The normalized spacial score (nSPS) is 10.0. The fourth-order valence-electron chi connectivity index (χ4n) is 2.06. The Balaban J connectivity index is 0. The van der Waals surface area contributed by atoms with Gasteiger partial charge in [-0.1, -0.05) is 118 Å². The van der Waals surface area contributed by atoms with Gasteiger partial charge < -0.3 is 0 Å². The Morgan fingerprint density at radius 3 is 0.667 bits per heavy atom. The summed E-state index contributed by atoms with van der Waals surface area (Å²) in [6.07, 6.45) is 20.0. The zero-order valence-electron chi connectivity index (χ0n) is 13.9. The molecule has 0 fully saturated rings. The van der Waals surface area contributed by atoms with E-state index < -0.39 is 0 Å². The summed E-state index contributed by atoms with van der Waals surface area (Å²) in [6, 6.07) is 0. The van der Waals surface area contributed by atoms with Gasteiger partial charge in [-0.3, -0.25) is 0 Å². The maximum absolute atomic E-state index is 2.28. The Morgan fingerprint density at radius 1 is 0.278 bits per heavy atom. The van der Waals surface area contributed by atoms with Crippen molar-refractivity contribution in [3.8, 4) is 0 Å². The van der Waals surface area contributed by atoms with E-state index in [1.807, 2.05) is 0 Å². The lowest BCUT2D eigenvalue weighted by Gasteiger charge is -1.99. The lowest BCUT2D eigenvalue weighted by Crippen LogP contribution is -1.80. The Labute approximate surface area is 118 Å². The Hall–Kier alpha value is 0. The van der Waals surface area contributed by atoms with Crippen LogP contribution < -0.4 is 0 Å². The van der Waals surface area contributed by atoms with Crippen LogP contribution in [0.15, 0.2) is 0 Å². The lowest BCUT2D eigenvalue weighted by molar-refractivity contribution is 0.562. The summed E-state index contributed by atoms with van der Waals surface area (Å²) in [6.45, 7) is 9.02. The summed E-state index contributed by atoms with van der Waals surface area (Å²) in [5, 5.41) is 0. The van der Waals surface area contributed by atoms with E-state index in [9.17, 15) is 0 Å². The fourth-order valence-corrected chi connectivity index (χ4v) is 2.06. The molecule has 0 unspecified atom stereocenters. The first kappa shape index (κ1) is 20.3. The van der Waals surface area contributed by atoms with Crippen molar-refractivity contribution in [1.82, 2.24) is 0 Å². The van der Waals surface area contributed by atoms with Crippen molar-refractivity contribution in [2.24, 2.45) is 0 Å². The third-order valence-electron chi connectivity index (χ3n) is 3.41. The number of hydrogen-bond acceptors (Lipinski definition) is 0. The molecule has 0 radical (unpaired) electrons. The van der Waals surface area contributed by atoms with Gasteiger partial charge in [-0.05, 0) is 0 Å². The minimum atomic E-state index is 1.36. The van der Waals surface area contributed by atoms with Crippen molar-refractivity contribution >= 4 is 0 Å². The minimum Gasteiger partial charge on any atom is -0.0654 e. The molecule has 0 heteroatoms. The van der Waals surface area contributed by atoms with E-state index in [0.29, 0.717) is 0 Å². The summed E-state index contributed by atoms with van der Waals surface area (Å²) >= 11 is 0. The molecule has 112 valence electrons. The highest BCUT2D eigenvalue weighted by molar-refractivity contribution is 4.45. The molecule has 18 heavy (non-hydrogen) atoms. The predicted octanol–water partition coefficient (Wildman–Crippen LogP) is 7.51. The molecule has 0 aromatic heterocycles. The highest BCUT2D eigenvalue weighted by atomic mass is 14.0. The van der Waals surface area contributed by atoms with Crippen molar-refractivity contribution < 1.29 is 0 Å². The van der Waals surface area contributed by atoms with Gasteiger partial charge in [0.1, 0.15) is 0 Å². The molecular formula is C18H40. The highest BCUT2D eigenvalue weighted by Crippen LogP contribution is 2.09. The summed E-state index contributed by atoms with van der Waals surface area (Å²) in [5.74, 6) is 0. The van der Waals surface area contributed by atoms with Gasteiger partial charge in [0.05, 0.1) is 0 Å². The first-order valence-corrected chi connectivity index (χ1v) is 8.83. The Morgan fingerprint density at radius 2 is 0.444 bits per heavy atom. The second kappa shape index (κ2) is 22.2. The number of rotatable bonds is 12. The van der Waals surface area contributed by atoms with Crippen molar-refractivity contribution in [3.05, 3.63) is 0 Å². The molecular weight excluding hydrogens is 216 g/mol. The van der Waals surface area contributed by atoms with E-state index in [2.05, 4.69) is 27.7 Å². The average molecular weight is 257 g/mol. The van der Waals surface area contributed by atoms with Crippen LogP contribution in [0.2, 0.25) is 0 Å². The van der Waals surface area contributed by atoms with Crippen LogP contribution in [0.25, 0.3) is 0 Å². The van der Waals surface area contributed by atoms with Crippen LogP contribution in [0, 0.1) is 0 Å². The smallest absolute Gasteiger partial charge is 0.0533 e. The Kier molecular flexibility index (Phi) is 25.1. The van der Waals surface area contributed by atoms with Gasteiger partial charge in [-0.25, -0.2) is 0 Å². The van der Waals surface area contributed by atoms with Gasteiger partial charge in [0, 0.05) is 0 Å². The van der Waals surface area contributed by atoms with Crippen molar-refractivity contribution in [2.45, 2.75) is 118 Å². The van der Waals surface area contributed by atoms with Crippen molar-refractivity contribution in [3.63, 3.8) is 0 Å². The predicted molar refractivity (Wildman–Crippen MR) is 87.3 cm³/mol. The maximum Gasteiger partial charge on any atom is -0.0533 e. The van der Waals surface area contributed by atoms with E-state index in [4.69, 9.17) is 0 Å². The van der Waals surface area contributed by atoms with E-state index in [1.54, 1.807) is 0 Å². The van der Waals surface area contributed by atoms with E-state index in [-0.39, 0.29) is 0 Å². The standard InChI is InChI=1S/C12H26.C6H14/c1-3-5-7-9-11-12-10-8-6-4-2;1-3-5-6-4-2/h3-12H2,1-2H3;3-6H2,1-2H3. The maximum atomic E-state index is 2.28. The minimum absolute atomic E-state index is 1.36. The molecule has 0 heterocycles. The number of hydrogen-bond donors (Lipinski definition) is 0. The number of unbranched alkanes of at least 4 members (excludes halogenated alkanes) is 12. The van der Waals surface area contributed by atoms with Crippen LogP contribution in [0.3, 0.4) is 0 Å². The average Bonchev–Trinajstić information content (AvgIpc) is 2.40. The first-order chi connectivity index (χ1) is 8.83. The molecule has 0 aliphatic rings. The van der Waals surface area contributed by atoms with Crippen LogP contribution in [-0.4, -0.2) is 0 Å². The van der Waals surface area contributed by atoms with Crippen LogP contribution in [0.5, 0.6) is 0 Å². The molecule has 0 aliphatic carbocycles. The second-order valence-corrected chi connectivity index (χ2v) is 5.54. The van der Waals surface area contributed by atoms with Crippen LogP contribution in [-0.2, 0) is 0 Å². The monoisotopic (exact) mass is 256 g/mol. The van der Waals surface area contributed by atoms with Gasteiger partial charge in [-0.2, -0.15) is 0 Å². The van der Waals surface area contributed by atoms with Crippen LogP contribution in [0.1, 0.15) is 118 Å². The molecule has 0 spiro atoms. The van der Waals surface area contributed by atoms with Gasteiger partial charge in [-0.15, -0.1) is 0 Å². The summed E-state index contributed by atoms with van der Waals surface area (Å²) in [4.78, 5) is 0. The summed E-state index contributed by atoms with van der Waals surface area (Å²) in [5.41, 5.74) is 0. The molecule has 0 rings (SSSR count). The third kappa shape index (κ3) is 25.0. The molecule has 0 bridgehead atoms. The third-order valence-corrected chi connectivity index (χ3v) is 3.41. The largest absolute Gasteiger partial charge is 0.0654 e. The highest BCUT2D eigenvalue weighted by Gasteiger charge is 1.90. The zero-order chi connectivity index (χ0) is 13.9. The molecule has 0 aliphatic heterocycles. The Bertz CT molecular complexity index is 92.6. The molecule has 0 aromatic rings.